The van der Waals surface area contributed by atoms with E-state index in [1.807, 2.05) is 0 Å². The van der Waals surface area contributed by atoms with Gasteiger partial charge in [0.15, 0.2) is 0 Å². The fraction of sp³-hybridized carbons (Fsp3) is 0.133. The molecule has 0 bridgehead atoms. The molecule has 0 aliphatic heterocycles. The van der Waals surface area contributed by atoms with Crippen LogP contribution in [0.2, 0.25) is 0 Å². The second-order valence-electron chi connectivity index (χ2n) is 4.63. The normalized spacial score (nSPS) is 11.0. The van der Waals surface area contributed by atoms with Crippen molar-refractivity contribution < 1.29 is 9.72 Å². The van der Waals surface area contributed by atoms with E-state index in [0.717, 1.165) is 4.68 Å². The zero-order valence-electron chi connectivity index (χ0n) is 12.0. The van der Waals surface area contributed by atoms with Crippen molar-refractivity contribution in [3.63, 3.8) is 0 Å². The van der Waals surface area contributed by atoms with E-state index in [4.69, 9.17) is 0 Å². The van der Waals surface area contributed by atoms with E-state index in [1.54, 1.807) is 32.0 Å². The molecule has 0 atom stereocenters. The summed E-state index contributed by atoms with van der Waals surface area (Å²) in [5.41, 5.74) is 1.04. The molecule has 2 aromatic rings. The van der Waals surface area contributed by atoms with E-state index in [9.17, 15) is 20.2 Å². The molecular formula is C15H12N4O3. The van der Waals surface area contributed by atoms with E-state index in [1.165, 1.54) is 24.3 Å². The van der Waals surface area contributed by atoms with Crippen molar-refractivity contribution in [1.82, 2.24) is 9.78 Å². The number of nitrogens with zero attached hydrogens (tertiary/aromatic N) is 4. The van der Waals surface area contributed by atoms with Crippen molar-refractivity contribution in [1.29, 1.82) is 5.26 Å². The minimum atomic E-state index is -0.619. The topological polar surface area (TPSA) is 102 Å². The van der Waals surface area contributed by atoms with Crippen molar-refractivity contribution in [3.05, 3.63) is 63.0 Å². The van der Waals surface area contributed by atoms with Crippen molar-refractivity contribution in [2.75, 3.05) is 0 Å². The first kappa shape index (κ1) is 15.1. The number of aryl methyl sites for hydroxylation is 2. The maximum absolute atomic E-state index is 12.3. The number of nitro groups is 1. The van der Waals surface area contributed by atoms with Crippen LogP contribution in [0.4, 0.5) is 5.69 Å². The Labute approximate surface area is 126 Å². The van der Waals surface area contributed by atoms with E-state index in [2.05, 4.69) is 5.10 Å². The molecule has 0 saturated heterocycles. The van der Waals surface area contributed by atoms with Gasteiger partial charge >= 0.3 is 0 Å². The number of carbonyl (C=O) groups is 1. The Bertz CT molecular complexity index is 828. The quantitative estimate of drug-likeness (QED) is 0.375. The SMILES string of the molecule is Cc1cc(C)n(C(=O)/C(C#N)=C/c2ccccc2[N+](=O)[O-])n1. The Hall–Kier alpha value is -3.27. The summed E-state index contributed by atoms with van der Waals surface area (Å²) in [4.78, 5) is 22.8. The molecule has 1 heterocycles. The number of hydrogen-bond donors (Lipinski definition) is 0. The molecule has 110 valence electrons. The summed E-state index contributed by atoms with van der Waals surface area (Å²) in [7, 11) is 0. The van der Waals surface area contributed by atoms with E-state index in [0.29, 0.717) is 11.4 Å². The van der Waals surface area contributed by atoms with Crippen LogP contribution in [0.15, 0.2) is 35.9 Å². The average molecular weight is 296 g/mol. The molecule has 7 nitrogen and oxygen atoms in total. The molecule has 7 heteroatoms. The summed E-state index contributed by atoms with van der Waals surface area (Å²) in [5, 5.41) is 24.2. The number of para-hydroxylation sites is 1. The molecule has 0 aliphatic carbocycles. The highest BCUT2D eigenvalue weighted by atomic mass is 16.6. The van der Waals surface area contributed by atoms with Gasteiger partial charge in [0, 0.05) is 11.8 Å². The molecule has 0 N–H and O–H groups in total. The minimum absolute atomic E-state index is 0.170. The minimum Gasteiger partial charge on any atom is -0.266 e. The van der Waals surface area contributed by atoms with Crippen LogP contribution in [-0.2, 0) is 0 Å². The number of hydrogen-bond acceptors (Lipinski definition) is 5. The van der Waals surface area contributed by atoms with Crippen LogP contribution >= 0.6 is 0 Å². The van der Waals surface area contributed by atoms with Gasteiger partial charge in [-0.3, -0.25) is 14.9 Å². The Morgan fingerprint density at radius 2 is 2.09 bits per heavy atom. The number of nitro benzene ring substituents is 1. The van der Waals surface area contributed by atoms with Gasteiger partial charge in [-0.05, 0) is 32.1 Å². The highest BCUT2D eigenvalue weighted by Crippen LogP contribution is 2.21. The lowest BCUT2D eigenvalue weighted by Crippen LogP contribution is -2.15. The highest BCUT2D eigenvalue weighted by molar-refractivity contribution is 6.03. The Morgan fingerprint density at radius 1 is 1.41 bits per heavy atom. The predicted molar refractivity (Wildman–Crippen MR) is 79.0 cm³/mol. The average Bonchev–Trinajstić information content (AvgIpc) is 2.83. The fourth-order valence-corrected chi connectivity index (χ4v) is 2.02. The molecule has 0 unspecified atom stereocenters. The number of rotatable bonds is 3. The molecule has 0 spiro atoms. The van der Waals surface area contributed by atoms with Gasteiger partial charge in [0.1, 0.15) is 11.6 Å². The van der Waals surface area contributed by atoms with Crippen LogP contribution in [0.1, 0.15) is 21.7 Å². The molecule has 0 amide bonds. The number of aromatic nitrogens is 2. The van der Waals surface area contributed by atoms with Gasteiger partial charge in [-0.15, -0.1) is 0 Å². The molecular weight excluding hydrogens is 284 g/mol. The third-order valence-electron chi connectivity index (χ3n) is 2.99. The lowest BCUT2D eigenvalue weighted by Gasteiger charge is -2.02. The molecule has 0 radical (unpaired) electrons. The van der Waals surface area contributed by atoms with Gasteiger partial charge in [0.25, 0.3) is 11.6 Å². The largest absolute Gasteiger partial charge is 0.289 e. The van der Waals surface area contributed by atoms with Crippen LogP contribution in [-0.4, -0.2) is 20.6 Å². The van der Waals surface area contributed by atoms with Gasteiger partial charge in [-0.1, -0.05) is 12.1 Å². The molecule has 1 aromatic carbocycles. The number of nitriles is 1. The van der Waals surface area contributed by atoms with Crippen LogP contribution in [0, 0.1) is 35.3 Å². The van der Waals surface area contributed by atoms with Gasteiger partial charge < -0.3 is 0 Å². The van der Waals surface area contributed by atoms with Crippen molar-refractivity contribution in [2.24, 2.45) is 0 Å². The summed E-state index contributed by atoms with van der Waals surface area (Å²) in [5.74, 6) is -0.619. The van der Waals surface area contributed by atoms with Gasteiger partial charge in [-0.2, -0.15) is 10.4 Å². The first-order valence-corrected chi connectivity index (χ1v) is 6.37. The zero-order valence-corrected chi connectivity index (χ0v) is 12.0. The third kappa shape index (κ3) is 2.91. The summed E-state index contributed by atoms with van der Waals surface area (Å²) >= 11 is 0. The van der Waals surface area contributed by atoms with Crippen LogP contribution in [0.5, 0.6) is 0 Å². The first-order valence-electron chi connectivity index (χ1n) is 6.37. The molecule has 1 aromatic heterocycles. The van der Waals surface area contributed by atoms with Crippen molar-refractivity contribution in [2.45, 2.75) is 13.8 Å². The van der Waals surface area contributed by atoms with Crippen molar-refractivity contribution in [3.8, 4) is 6.07 Å². The molecule has 0 fully saturated rings. The maximum Gasteiger partial charge on any atom is 0.289 e. The Kier molecular flexibility index (Phi) is 4.13. The highest BCUT2D eigenvalue weighted by Gasteiger charge is 2.18. The lowest BCUT2D eigenvalue weighted by atomic mass is 10.1. The van der Waals surface area contributed by atoms with Crippen LogP contribution < -0.4 is 0 Å². The molecule has 0 saturated carbocycles. The smallest absolute Gasteiger partial charge is 0.266 e. The summed E-state index contributed by atoms with van der Waals surface area (Å²) < 4.78 is 1.11. The molecule has 22 heavy (non-hydrogen) atoms. The maximum atomic E-state index is 12.3. The van der Waals surface area contributed by atoms with Crippen LogP contribution in [0.25, 0.3) is 6.08 Å². The van der Waals surface area contributed by atoms with Crippen molar-refractivity contribution >= 4 is 17.7 Å². The van der Waals surface area contributed by atoms with Crippen LogP contribution in [0.3, 0.4) is 0 Å². The summed E-state index contributed by atoms with van der Waals surface area (Å²) in [6.45, 7) is 3.42. The summed E-state index contributed by atoms with van der Waals surface area (Å²) in [6, 6.07) is 9.39. The first-order chi connectivity index (χ1) is 10.4. The number of benzene rings is 1. The standard InChI is InChI=1S/C15H12N4O3/c1-10-7-11(2)18(17-10)15(20)13(9-16)8-12-5-3-4-6-14(12)19(21)22/h3-8H,1-2H3/b13-8+. The second-order valence-corrected chi connectivity index (χ2v) is 4.63. The van der Waals surface area contributed by atoms with Gasteiger partial charge in [-0.25, -0.2) is 4.68 Å². The second kappa shape index (κ2) is 6.01. The zero-order chi connectivity index (χ0) is 16.3. The number of carbonyl (C=O) groups excluding carboxylic acids is 1. The monoisotopic (exact) mass is 296 g/mol. The lowest BCUT2D eigenvalue weighted by molar-refractivity contribution is -0.385. The van der Waals surface area contributed by atoms with E-state index < -0.39 is 10.8 Å². The Morgan fingerprint density at radius 3 is 2.64 bits per heavy atom. The molecule has 2 rings (SSSR count). The Balaban J connectivity index is 2.49. The van der Waals surface area contributed by atoms with Gasteiger partial charge in [0.05, 0.1) is 16.2 Å². The number of allylic oxidation sites excluding steroid dienone is 1. The fourth-order valence-electron chi connectivity index (χ4n) is 2.02. The molecule has 0 aliphatic rings. The summed E-state index contributed by atoms with van der Waals surface area (Å²) in [6.07, 6.45) is 1.21. The van der Waals surface area contributed by atoms with E-state index in [-0.39, 0.29) is 16.8 Å². The predicted octanol–water partition coefficient (Wildman–Crippen LogP) is 2.66. The third-order valence-corrected chi connectivity index (χ3v) is 2.99. The van der Waals surface area contributed by atoms with Gasteiger partial charge in [0.2, 0.25) is 0 Å². The van der Waals surface area contributed by atoms with E-state index >= 15 is 0 Å².